The van der Waals surface area contributed by atoms with Gasteiger partial charge in [-0.3, -0.25) is 14.4 Å². The van der Waals surface area contributed by atoms with Crippen LogP contribution in [0, 0.1) is 13.8 Å². The van der Waals surface area contributed by atoms with E-state index in [4.69, 9.17) is 5.11 Å². The quantitative estimate of drug-likeness (QED) is 0.830. The lowest BCUT2D eigenvalue weighted by Gasteiger charge is -2.24. The summed E-state index contributed by atoms with van der Waals surface area (Å²) in [5, 5.41) is 15.4. The number of hydrogen-bond acceptors (Lipinski definition) is 4. The lowest BCUT2D eigenvalue weighted by Crippen LogP contribution is -2.47. The minimum Gasteiger partial charge on any atom is -0.481 e. The number of aryl methyl sites for hydroxylation is 2. The molecule has 0 radical (unpaired) electrons. The molecule has 0 aromatic carbocycles. The summed E-state index contributed by atoms with van der Waals surface area (Å²) >= 11 is 0. The van der Waals surface area contributed by atoms with Crippen molar-refractivity contribution in [1.82, 2.24) is 15.1 Å². The van der Waals surface area contributed by atoms with Crippen LogP contribution in [0.5, 0.6) is 0 Å². The maximum Gasteiger partial charge on any atom is 0.305 e. The number of aromatic nitrogens is 2. The molecule has 1 heterocycles. The molecule has 1 aromatic rings. The Hall–Kier alpha value is -2.18. The van der Waals surface area contributed by atoms with Crippen LogP contribution in [0.15, 0.2) is 4.79 Å². The zero-order valence-corrected chi connectivity index (χ0v) is 12.3. The molecule has 0 atom stereocenters. The minimum absolute atomic E-state index is 0.00142. The predicted octanol–water partition coefficient (Wildman–Crippen LogP) is 0.380. The van der Waals surface area contributed by atoms with E-state index in [2.05, 4.69) is 10.4 Å². The first-order valence-corrected chi connectivity index (χ1v) is 6.14. The average Bonchev–Trinajstić information content (AvgIpc) is 2.23. The maximum absolute atomic E-state index is 12.2. The largest absolute Gasteiger partial charge is 0.481 e. The zero-order chi connectivity index (χ0) is 15.7. The van der Waals surface area contributed by atoms with Gasteiger partial charge in [-0.15, -0.1) is 0 Å². The first-order chi connectivity index (χ1) is 9.05. The maximum atomic E-state index is 12.2. The summed E-state index contributed by atoms with van der Waals surface area (Å²) in [5.74, 6) is -1.61. The van der Waals surface area contributed by atoms with Crippen molar-refractivity contribution in [3.8, 4) is 0 Å². The van der Waals surface area contributed by atoms with Gasteiger partial charge in [0, 0.05) is 12.6 Å². The highest BCUT2D eigenvalue weighted by Gasteiger charge is 2.27. The second-order valence-corrected chi connectivity index (χ2v) is 5.42. The standard InChI is InChI=1S/C13H19N3O4/c1-7-8(2)15-16(5)12(20)10(7)11(19)14-13(3,4)6-9(17)18/h6H2,1-5H3,(H,14,19)(H,17,18). The van der Waals surface area contributed by atoms with Gasteiger partial charge >= 0.3 is 5.97 Å². The average molecular weight is 281 g/mol. The summed E-state index contributed by atoms with van der Waals surface area (Å²) in [5.41, 5.74) is -0.377. The molecule has 1 rings (SSSR count). The van der Waals surface area contributed by atoms with Crippen molar-refractivity contribution in [1.29, 1.82) is 0 Å². The Bertz CT molecular complexity index is 617. The number of hydrogen-bond donors (Lipinski definition) is 2. The van der Waals surface area contributed by atoms with Crippen LogP contribution >= 0.6 is 0 Å². The molecule has 2 N–H and O–H groups in total. The highest BCUT2D eigenvalue weighted by atomic mass is 16.4. The molecular formula is C13H19N3O4. The molecule has 110 valence electrons. The van der Waals surface area contributed by atoms with Gasteiger partial charge in [-0.2, -0.15) is 5.10 Å². The third kappa shape index (κ3) is 3.43. The van der Waals surface area contributed by atoms with Crippen LogP contribution in [-0.2, 0) is 11.8 Å². The van der Waals surface area contributed by atoms with Gasteiger partial charge in [0.2, 0.25) is 0 Å². The van der Waals surface area contributed by atoms with Gasteiger partial charge in [-0.1, -0.05) is 0 Å². The Morgan fingerprint density at radius 1 is 1.35 bits per heavy atom. The van der Waals surface area contributed by atoms with Crippen molar-refractivity contribution in [3.05, 3.63) is 27.2 Å². The molecule has 0 aliphatic rings. The fourth-order valence-corrected chi connectivity index (χ4v) is 1.91. The van der Waals surface area contributed by atoms with E-state index < -0.39 is 23.0 Å². The van der Waals surface area contributed by atoms with Gasteiger partial charge in [0.15, 0.2) is 0 Å². The Morgan fingerprint density at radius 3 is 2.40 bits per heavy atom. The van der Waals surface area contributed by atoms with E-state index in [0.29, 0.717) is 11.3 Å². The van der Waals surface area contributed by atoms with E-state index in [9.17, 15) is 14.4 Å². The Kier molecular flexibility index (Phi) is 4.32. The van der Waals surface area contributed by atoms with Crippen LogP contribution in [0.1, 0.15) is 41.9 Å². The van der Waals surface area contributed by atoms with Crippen molar-refractivity contribution in [2.45, 2.75) is 39.7 Å². The van der Waals surface area contributed by atoms with Gasteiger partial charge in [-0.25, -0.2) is 4.68 Å². The van der Waals surface area contributed by atoms with Gasteiger partial charge in [0.1, 0.15) is 5.56 Å². The number of nitrogens with zero attached hydrogens (tertiary/aromatic N) is 2. The summed E-state index contributed by atoms with van der Waals surface area (Å²) in [6, 6.07) is 0. The number of carboxylic acid groups (broad SMARTS) is 1. The number of amides is 1. The number of rotatable bonds is 4. The monoisotopic (exact) mass is 281 g/mol. The SMILES string of the molecule is Cc1nn(C)c(=O)c(C(=O)NC(C)(C)CC(=O)O)c1C. The molecule has 0 aliphatic heterocycles. The van der Waals surface area contributed by atoms with Gasteiger partial charge < -0.3 is 10.4 Å². The molecule has 7 nitrogen and oxygen atoms in total. The predicted molar refractivity (Wildman–Crippen MR) is 72.8 cm³/mol. The van der Waals surface area contributed by atoms with Crippen LogP contribution in [0.4, 0.5) is 0 Å². The second-order valence-electron chi connectivity index (χ2n) is 5.42. The summed E-state index contributed by atoms with van der Waals surface area (Å²) in [7, 11) is 1.47. The summed E-state index contributed by atoms with van der Waals surface area (Å²) in [4.78, 5) is 35.0. The summed E-state index contributed by atoms with van der Waals surface area (Å²) in [6.07, 6.45) is -0.234. The van der Waals surface area contributed by atoms with Crippen LogP contribution in [0.25, 0.3) is 0 Å². The molecule has 0 spiro atoms. The molecular weight excluding hydrogens is 262 g/mol. The molecule has 7 heteroatoms. The highest BCUT2D eigenvalue weighted by molar-refractivity contribution is 5.96. The van der Waals surface area contributed by atoms with Crippen molar-refractivity contribution in [3.63, 3.8) is 0 Å². The Labute approximate surface area is 116 Å². The molecule has 1 amide bonds. The van der Waals surface area contributed by atoms with Gasteiger partial charge in [-0.05, 0) is 33.3 Å². The topological polar surface area (TPSA) is 101 Å². The molecule has 0 bridgehead atoms. The van der Waals surface area contributed by atoms with E-state index in [1.165, 1.54) is 7.05 Å². The van der Waals surface area contributed by atoms with Crippen LogP contribution < -0.4 is 10.9 Å². The van der Waals surface area contributed by atoms with Crippen LogP contribution in [0.2, 0.25) is 0 Å². The molecule has 0 unspecified atom stereocenters. The fraction of sp³-hybridized carbons (Fsp3) is 0.538. The second kappa shape index (κ2) is 5.44. The highest BCUT2D eigenvalue weighted by Crippen LogP contribution is 2.11. The number of nitrogens with one attached hydrogen (secondary N) is 1. The van der Waals surface area contributed by atoms with Gasteiger partial charge in [0.25, 0.3) is 11.5 Å². The van der Waals surface area contributed by atoms with Crippen LogP contribution in [0.3, 0.4) is 0 Å². The number of carbonyl (C=O) groups is 2. The van der Waals surface area contributed by atoms with E-state index in [1.807, 2.05) is 0 Å². The lowest BCUT2D eigenvalue weighted by molar-refractivity contribution is -0.138. The molecule has 0 aliphatic carbocycles. The molecule has 1 aromatic heterocycles. The van der Waals surface area contributed by atoms with Crippen molar-refractivity contribution >= 4 is 11.9 Å². The van der Waals surface area contributed by atoms with Crippen molar-refractivity contribution in [2.24, 2.45) is 7.05 Å². The first-order valence-electron chi connectivity index (χ1n) is 6.14. The van der Waals surface area contributed by atoms with E-state index in [-0.39, 0.29) is 12.0 Å². The minimum atomic E-state index is -1.02. The molecule has 0 fully saturated rings. The normalized spacial score (nSPS) is 11.2. The Balaban J connectivity index is 3.17. The van der Waals surface area contributed by atoms with E-state index in [1.54, 1.807) is 27.7 Å². The zero-order valence-electron chi connectivity index (χ0n) is 12.3. The first kappa shape index (κ1) is 15.9. The van der Waals surface area contributed by atoms with Crippen LogP contribution in [-0.4, -0.2) is 32.3 Å². The van der Waals surface area contributed by atoms with Crippen molar-refractivity contribution < 1.29 is 14.7 Å². The third-order valence-corrected chi connectivity index (χ3v) is 3.00. The third-order valence-electron chi connectivity index (χ3n) is 3.00. The number of carboxylic acids is 1. The van der Waals surface area contributed by atoms with E-state index in [0.717, 1.165) is 4.68 Å². The lowest BCUT2D eigenvalue weighted by atomic mass is 9.99. The molecule has 0 saturated heterocycles. The van der Waals surface area contributed by atoms with Gasteiger partial charge in [0.05, 0.1) is 12.1 Å². The van der Waals surface area contributed by atoms with E-state index >= 15 is 0 Å². The molecule has 20 heavy (non-hydrogen) atoms. The molecule has 0 saturated carbocycles. The Morgan fingerprint density at radius 2 is 1.90 bits per heavy atom. The van der Waals surface area contributed by atoms with Crippen molar-refractivity contribution in [2.75, 3.05) is 0 Å². The number of aliphatic carboxylic acids is 1. The smallest absolute Gasteiger partial charge is 0.305 e. The fourth-order valence-electron chi connectivity index (χ4n) is 1.91. The number of carbonyl (C=O) groups excluding carboxylic acids is 1. The summed E-state index contributed by atoms with van der Waals surface area (Å²) in [6.45, 7) is 6.52. The summed E-state index contributed by atoms with van der Waals surface area (Å²) < 4.78 is 1.10.